The number of aliphatic hydroxyl groups is 1. The minimum atomic E-state index is 0.0830. The fourth-order valence-electron chi connectivity index (χ4n) is 1.95. The van der Waals surface area contributed by atoms with Crippen molar-refractivity contribution in [1.29, 1.82) is 0 Å². The zero-order chi connectivity index (χ0) is 11.3. The van der Waals surface area contributed by atoms with E-state index < -0.39 is 0 Å². The lowest BCUT2D eigenvalue weighted by molar-refractivity contribution is -0.126. The second kappa shape index (κ2) is 6.08. The summed E-state index contributed by atoms with van der Waals surface area (Å²) in [5.74, 6) is 0.316. The predicted octanol–water partition coefficient (Wildman–Crippen LogP) is 0.248. The molecule has 88 valence electrons. The highest BCUT2D eigenvalue weighted by Crippen LogP contribution is 2.23. The van der Waals surface area contributed by atoms with Crippen molar-refractivity contribution < 1.29 is 9.90 Å². The number of hydrogen-bond donors (Lipinski definition) is 3. The van der Waals surface area contributed by atoms with Crippen molar-refractivity contribution in [2.45, 2.75) is 38.6 Å². The van der Waals surface area contributed by atoms with Gasteiger partial charge in [-0.2, -0.15) is 0 Å². The summed E-state index contributed by atoms with van der Waals surface area (Å²) in [4.78, 5) is 11.7. The standard InChI is InChI=1S/C11H22N2O2/c1-8(7-14)6-13-11(15)9-3-2-4-10(12)5-9/h8-10,14H,2-7,12H2,1H3,(H,13,15). The van der Waals surface area contributed by atoms with Gasteiger partial charge in [-0.3, -0.25) is 4.79 Å². The highest BCUT2D eigenvalue weighted by Gasteiger charge is 2.25. The van der Waals surface area contributed by atoms with E-state index in [0.29, 0.717) is 6.54 Å². The highest BCUT2D eigenvalue weighted by atomic mass is 16.3. The number of carbonyl (C=O) groups excluding carboxylic acids is 1. The second-order valence-corrected chi connectivity index (χ2v) is 4.66. The quantitative estimate of drug-likeness (QED) is 0.628. The van der Waals surface area contributed by atoms with Crippen molar-refractivity contribution in [1.82, 2.24) is 5.32 Å². The number of rotatable bonds is 4. The van der Waals surface area contributed by atoms with E-state index >= 15 is 0 Å². The van der Waals surface area contributed by atoms with E-state index in [9.17, 15) is 4.79 Å². The zero-order valence-electron chi connectivity index (χ0n) is 9.41. The molecule has 1 fully saturated rings. The van der Waals surface area contributed by atoms with Crippen LogP contribution < -0.4 is 11.1 Å². The third-order valence-corrected chi connectivity index (χ3v) is 3.02. The van der Waals surface area contributed by atoms with Crippen LogP contribution in [0.5, 0.6) is 0 Å². The summed E-state index contributed by atoms with van der Waals surface area (Å²) in [5.41, 5.74) is 5.83. The summed E-state index contributed by atoms with van der Waals surface area (Å²) < 4.78 is 0. The van der Waals surface area contributed by atoms with Gasteiger partial charge in [0, 0.05) is 25.1 Å². The molecule has 1 rings (SSSR count). The summed E-state index contributed by atoms with van der Waals surface area (Å²) in [5, 5.41) is 11.7. The van der Waals surface area contributed by atoms with E-state index in [1.807, 2.05) is 6.92 Å². The lowest BCUT2D eigenvalue weighted by Crippen LogP contribution is -2.39. The smallest absolute Gasteiger partial charge is 0.223 e. The molecule has 0 aliphatic heterocycles. The molecular formula is C11H22N2O2. The zero-order valence-corrected chi connectivity index (χ0v) is 9.41. The first-order valence-electron chi connectivity index (χ1n) is 5.77. The Morgan fingerprint density at radius 2 is 2.33 bits per heavy atom. The Balaban J connectivity index is 2.26. The molecule has 3 atom stereocenters. The third-order valence-electron chi connectivity index (χ3n) is 3.02. The van der Waals surface area contributed by atoms with Gasteiger partial charge in [-0.25, -0.2) is 0 Å². The molecule has 0 spiro atoms. The van der Waals surface area contributed by atoms with Gasteiger partial charge in [0.2, 0.25) is 5.91 Å². The van der Waals surface area contributed by atoms with Crippen molar-refractivity contribution in [3.05, 3.63) is 0 Å². The molecule has 0 heterocycles. The number of aliphatic hydroxyl groups excluding tert-OH is 1. The van der Waals surface area contributed by atoms with Gasteiger partial charge >= 0.3 is 0 Å². The van der Waals surface area contributed by atoms with Gasteiger partial charge in [-0.15, -0.1) is 0 Å². The van der Waals surface area contributed by atoms with E-state index in [-0.39, 0.29) is 30.4 Å². The Bertz CT molecular complexity index is 209. The number of nitrogens with two attached hydrogens (primary N) is 1. The minimum Gasteiger partial charge on any atom is -0.396 e. The molecule has 0 saturated heterocycles. The van der Waals surface area contributed by atoms with Crippen LogP contribution in [0.1, 0.15) is 32.6 Å². The molecule has 15 heavy (non-hydrogen) atoms. The van der Waals surface area contributed by atoms with Crippen molar-refractivity contribution >= 4 is 5.91 Å². The Morgan fingerprint density at radius 1 is 1.60 bits per heavy atom. The molecule has 0 aromatic carbocycles. The van der Waals surface area contributed by atoms with Crippen molar-refractivity contribution in [2.24, 2.45) is 17.6 Å². The first-order valence-corrected chi connectivity index (χ1v) is 5.77. The number of carbonyl (C=O) groups is 1. The average Bonchev–Trinajstić information content (AvgIpc) is 2.25. The molecule has 4 N–H and O–H groups in total. The van der Waals surface area contributed by atoms with Gasteiger partial charge in [-0.05, 0) is 25.2 Å². The molecule has 1 amide bonds. The molecule has 0 bridgehead atoms. The molecule has 1 saturated carbocycles. The van der Waals surface area contributed by atoms with E-state index in [1.54, 1.807) is 0 Å². The minimum absolute atomic E-state index is 0.0830. The maximum Gasteiger partial charge on any atom is 0.223 e. The highest BCUT2D eigenvalue weighted by molar-refractivity contribution is 5.78. The fourth-order valence-corrected chi connectivity index (χ4v) is 1.95. The van der Waals surface area contributed by atoms with Crippen molar-refractivity contribution in [3.63, 3.8) is 0 Å². The second-order valence-electron chi connectivity index (χ2n) is 4.66. The van der Waals surface area contributed by atoms with Crippen LogP contribution in [0.2, 0.25) is 0 Å². The van der Waals surface area contributed by atoms with Crippen LogP contribution in [-0.2, 0) is 4.79 Å². The van der Waals surface area contributed by atoms with Crippen LogP contribution in [0.25, 0.3) is 0 Å². The first kappa shape index (κ1) is 12.5. The molecule has 0 aromatic rings. The summed E-state index contributed by atoms with van der Waals surface area (Å²) >= 11 is 0. The summed E-state index contributed by atoms with van der Waals surface area (Å²) in [6.45, 7) is 2.58. The van der Waals surface area contributed by atoms with Gasteiger partial charge in [0.1, 0.15) is 0 Å². The number of nitrogens with one attached hydrogen (secondary N) is 1. The SMILES string of the molecule is CC(CO)CNC(=O)C1CCCC(N)C1. The van der Waals surface area contributed by atoms with Gasteiger partial charge in [-0.1, -0.05) is 13.3 Å². The van der Waals surface area contributed by atoms with Crippen LogP contribution in [-0.4, -0.2) is 30.2 Å². The third kappa shape index (κ3) is 4.18. The molecule has 0 aromatic heterocycles. The molecule has 1 aliphatic carbocycles. The Kier molecular flexibility index (Phi) is 5.05. The van der Waals surface area contributed by atoms with Gasteiger partial charge in [0.05, 0.1) is 0 Å². The average molecular weight is 214 g/mol. The number of amides is 1. The van der Waals surface area contributed by atoms with Crippen LogP contribution in [0.15, 0.2) is 0 Å². The van der Waals surface area contributed by atoms with Crippen molar-refractivity contribution in [2.75, 3.05) is 13.2 Å². The molecule has 3 unspecified atom stereocenters. The largest absolute Gasteiger partial charge is 0.396 e. The Labute approximate surface area is 91.2 Å². The molecule has 0 radical (unpaired) electrons. The van der Waals surface area contributed by atoms with Gasteiger partial charge < -0.3 is 16.2 Å². The first-order chi connectivity index (χ1) is 7.13. The fraction of sp³-hybridized carbons (Fsp3) is 0.909. The van der Waals surface area contributed by atoms with E-state index in [1.165, 1.54) is 0 Å². The Morgan fingerprint density at radius 3 is 2.93 bits per heavy atom. The lowest BCUT2D eigenvalue weighted by atomic mass is 9.85. The molecule has 1 aliphatic rings. The van der Waals surface area contributed by atoms with Crippen LogP contribution >= 0.6 is 0 Å². The normalized spacial score (nSPS) is 28.5. The monoisotopic (exact) mass is 214 g/mol. The number of hydrogen-bond acceptors (Lipinski definition) is 3. The van der Waals surface area contributed by atoms with E-state index in [2.05, 4.69) is 5.32 Å². The topological polar surface area (TPSA) is 75.3 Å². The van der Waals surface area contributed by atoms with Gasteiger partial charge in [0.15, 0.2) is 0 Å². The van der Waals surface area contributed by atoms with Gasteiger partial charge in [0.25, 0.3) is 0 Å². The van der Waals surface area contributed by atoms with Crippen LogP contribution in [0.4, 0.5) is 0 Å². The Hall–Kier alpha value is -0.610. The van der Waals surface area contributed by atoms with Crippen LogP contribution in [0, 0.1) is 11.8 Å². The lowest BCUT2D eigenvalue weighted by Gasteiger charge is -2.26. The molecule has 4 nitrogen and oxygen atoms in total. The predicted molar refractivity (Wildman–Crippen MR) is 59.2 cm³/mol. The summed E-state index contributed by atoms with van der Waals surface area (Å²) in [6.07, 6.45) is 3.85. The van der Waals surface area contributed by atoms with E-state index in [0.717, 1.165) is 25.7 Å². The maximum absolute atomic E-state index is 11.7. The summed E-state index contributed by atoms with van der Waals surface area (Å²) in [6, 6.07) is 0.185. The molecule has 4 heteroatoms. The van der Waals surface area contributed by atoms with Crippen LogP contribution in [0.3, 0.4) is 0 Å². The summed E-state index contributed by atoms with van der Waals surface area (Å²) in [7, 11) is 0. The maximum atomic E-state index is 11.7. The van der Waals surface area contributed by atoms with Crippen molar-refractivity contribution in [3.8, 4) is 0 Å². The van der Waals surface area contributed by atoms with E-state index in [4.69, 9.17) is 10.8 Å². The molecular weight excluding hydrogens is 192 g/mol.